The molecule has 4 heterocycles. The van der Waals surface area contributed by atoms with Gasteiger partial charge in [-0.05, 0) is 12.1 Å². The van der Waals surface area contributed by atoms with Crippen LogP contribution in [0.15, 0.2) is 48.8 Å². The van der Waals surface area contributed by atoms with Gasteiger partial charge in [0.2, 0.25) is 17.4 Å². The van der Waals surface area contributed by atoms with Gasteiger partial charge >= 0.3 is 17.9 Å². The molecule has 1 fully saturated rings. The van der Waals surface area contributed by atoms with Crippen LogP contribution in [-0.2, 0) is 0 Å². The van der Waals surface area contributed by atoms with Gasteiger partial charge in [-0.1, -0.05) is 12.1 Å². The summed E-state index contributed by atoms with van der Waals surface area (Å²) in [6, 6.07) is 6.37. The van der Waals surface area contributed by atoms with Gasteiger partial charge < -0.3 is 10.2 Å². The third-order valence-corrected chi connectivity index (χ3v) is 5.46. The fourth-order valence-corrected chi connectivity index (χ4v) is 3.73. The fraction of sp³-hybridized carbons (Fsp3) is 0.333. The number of rotatable bonds is 4. The molecule has 0 radical (unpaired) electrons. The van der Waals surface area contributed by atoms with Gasteiger partial charge in [0.05, 0.1) is 6.20 Å². The molecule has 3 aromatic rings. The van der Waals surface area contributed by atoms with Gasteiger partial charge in [-0.25, -0.2) is 18.7 Å². The molecule has 1 saturated heterocycles. The number of fused-ring (bicyclic) bond motifs is 1. The van der Waals surface area contributed by atoms with Crippen molar-refractivity contribution in [3.8, 4) is 0 Å². The molecule has 3 N–H and O–H groups in total. The maximum absolute atomic E-state index is 13.7. The minimum Gasteiger partial charge on any atom is -0.332 e. The zero-order valence-electron chi connectivity index (χ0n) is 17.1. The summed E-state index contributed by atoms with van der Waals surface area (Å²) >= 11 is 0. The first-order valence-electron chi connectivity index (χ1n) is 10.1. The van der Waals surface area contributed by atoms with E-state index in [-0.39, 0.29) is 35.8 Å². The summed E-state index contributed by atoms with van der Waals surface area (Å²) in [6.07, 6.45) is -3.01. The SMILES string of the molecule is O=C(NC(c1cccc[nH+]1)C(F)(F)F)c1[nH]c(C(=O)N2CCC(F)(F)CC2)[n+]2ccccc12. The van der Waals surface area contributed by atoms with Crippen LogP contribution < -0.4 is 14.7 Å². The number of piperidine rings is 1. The van der Waals surface area contributed by atoms with E-state index in [2.05, 4.69) is 9.97 Å². The highest BCUT2D eigenvalue weighted by Gasteiger charge is 2.47. The summed E-state index contributed by atoms with van der Waals surface area (Å²) in [5.74, 6) is -4.68. The fourth-order valence-electron chi connectivity index (χ4n) is 3.73. The Kier molecular flexibility index (Phi) is 5.76. The molecular weight excluding hydrogens is 449 g/mol. The molecule has 12 heteroatoms. The summed E-state index contributed by atoms with van der Waals surface area (Å²) in [4.78, 5) is 32.2. The summed E-state index contributed by atoms with van der Waals surface area (Å²) in [5.41, 5.74) is -0.363. The Labute approximate surface area is 184 Å². The Morgan fingerprint density at radius 1 is 1.12 bits per heavy atom. The van der Waals surface area contributed by atoms with Crippen molar-refractivity contribution in [1.29, 1.82) is 0 Å². The normalized spacial score (nSPS) is 17.1. The van der Waals surface area contributed by atoms with Gasteiger partial charge in [0.25, 0.3) is 11.8 Å². The monoisotopic (exact) mass is 469 g/mol. The summed E-state index contributed by atoms with van der Waals surface area (Å²) in [5, 5.41) is 1.96. The zero-order valence-corrected chi connectivity index (χ0v) is 17.1. The number of carbonyl (C=O) groups is 2. The van der Waals surface area contributed by atoms with Gasteiger partial charge in [0.1, 0.15) is 0 Å². The van der Waals surface area contributed by atoms with Crippen LogP contribution in [0.3, 0.4) is 0 Å². The van der Waals surface area contributed by atoms with Crippen molar-refractivity contribution in [2.75, 3.05) is 13.1 Å². The first kappa shape index (κ1) is 22.6. The molecule has 7 nitrogen and oxygen atoms in total. The number of pyridine rings is 2. The highest BCUT2D eigenvalue weighted by molar-refractivity contribution is 6.00. The molecule has 1 atom stereocenters. The van der Waals surface area contributed by atoms with E-state index in [9.17, 15) is 31.5 Å². The van der Waals surface area contributed by atoms with Crippen LogP contribution in [-0.4, -0.2) is 46.9 Å². The minimum absolute atomic E-state index is 0.115. The van der Waals surface area contributed by atoms with Crippen molar-refractivity contribution >= 4 is 17.3 Å². The number of amides is 2. The number of likely N-dealkylation sites (tertiary alicyclic amines) is 1. The molecular formula is C21H20F5N5O2+2. The van der Waals surface area contributed by atoms with Crippen molar-refractivity contribution in [2.45, 2.75) is 31.0 Å². The second-order valence-electron chi connectivity index (χ2n) is 7.72. The molecule has 0 aliphatic carbocycles. The Morgan fingerprint density at radius 3 is 2.45 bits per heavy atom. The first-order valence-corrected chi connectivity index (χ1v) is 10.1. The standard InChI is InChI=1S/C21H18F5N5O2/c22-20(23)7-11-30(12-8-20)19(33)17-28-15(14-6-2-4-10-31(14)17)18(32)29-16(21(24,25)26)13-5-1-3-9-27-13/h1-6,9-10,16H,7-8,11-12H2,(H,29,32)/p+2. The number of hydrogen-bond acceptors (Lipinski definition) is 2. The van der Waals surface area contributed by atoms with Crippen LogP contribution in [0.4, 0.5) is 22.0 Å². The van der Waals surface area contributed by atoms with Crippen molar-refractivity contribution in [3.05, 3.63) is 66.0 Å². The van der Waals surface area contributed by atoms with Crippen LogP contribution in [0.2, 0.25) is 0 Å². The van der Waals surface area contributed by atoms with Crippen molar-refractivity contribution in [2.24, 2.45) is 0 Å². The number of halogens is 5. The number of alkyl halides is 5. The lowest BCUT2D eigenvalue weighted by Crippen LogP contribution is -2.45. The van der Waals surface area contributed by atoms with Gasteiger partial charge in [0.15, 0.2) is 11.7 Å². The molecule has 3 aromatic heterocycles. The Hall–Kier alpha value is -3.57. The van der Waals surface area contributed by atoms with E-state index in [0.29, 0.717) is 0 Å². The lowest BCUT2D eigenvalue weighted by molar-refractivity contribution is -0.514. The smallest absolute Gasteiger partial charge is 0.332 e. The lowest BCUT2D eigenvalue weighted by Gasteiger charge is -2.30. The molecule has 2 amide bonds. The van der Waals surface area contributed by atoms with E-state index in [0.717, 1.165) is 0 Å². The average molecular weight is 469 g/mol. The number of carbonyl (C=O) groups excluding carboxylic acids is 2. The second kappa shape index (κ2) is 8.41. The third-order valence-electron chi connectivity index (χ3n) is 5.46. The second-order valence-corrected chi connectivity index (χ2v) is 7.72. The van der Waals surface area contributed by atoms with E-state index in [1.165, 1.54) is 46.0 Å². The molecule has 0 saturated carbocycles. The maximum atomic E-state index is 13.7. The van der Waals surface area contributed by atoms with Gasteiger partial charge in [-0.2, -0.15) is 17.6 Å². The molecule has 1 unspecified atom stereocenters. The number of hydrogen-bond donors (Lipinski definition) is 2. The molecule has 0 spiro atoms. The largest absolute Gasteiger partial charge is 0.418 e. The Morgan fingerprint density at radius 2 is 1.82 bits per heavy atom. The number of imidazole rings is 1. The van der Waals surface area contributed by atoms with Crippen molar-refractivity contribution in [1.82, 2.24) is 15.2 Å². The Balaban J connectivity index is 1.66. The van der Waals surface area contributed by atoms with Crippen LogP contribution in [0.5, 0.6) is 0 Å². The highest BCUT2D eigenvalue weighted by Crippen LogP contribution is 2.31. The zero-order chi connectivity index (χ0) is 23.8. The van der Waals surface area contributed by atoms with Gasteiger partial charge in [-0.15, -0.1) is 0 Å². The number of aromatic amines is 2. The van der Waals surface area contributed by atoms with Gasteiger partial charge in [0, 0.05) is 38.1 Å². The summed E-state index contributed by atoms with van der Waals surface area (Å²) in [6.45, 7) is -0.359. The first-order chi connectivity index (χ1) is 15.6. The van der Waals surface area contributed by atoms with Gasteiger partial charge in [-0.3, -0.25) is 9.59 Å². The maximum Gasteiger partial charge on any atom is 0.418 e. The third kappa shape index (κ3) is 4.64. The minimum atomic E-state index is -4.79. The number of nitrogens with zero attached hydrogens (tertiary/aromatic N) is 2. The van der Waals surface area contributed by atoms with E-state index in [1.807, 2.05) is 5.32 Å². The van der Waals surface area contributed by atoms with E-state index in [4.69, 9.17) is 0 Å². The Bertz CT molecular complexity index is 1170. The average Bonchev–Trinajstić information content (AvgIpc) is 3.16. The molecule has 1 aliphatic heterocycles. The number of H-pyrrole nitrogens is 2. The van der Waals surface area contributed by atoms with E-state index >= 15 is 0 Å². The van der Waals surface area contributed by atoms with Crippen molar-refractivity contribution < 1.29 is 40.9 Å². The van der Waals surface area contributed by atoms with Crippen LogP contribution >= 0.6 is 0 Å². The van der Waals surface area contributed by atoms with Crippen LogP contribution in [0.1, 0.15) is 45.7 Å². The molecule has 0 aromatic carbocycles. The van der Waals surface area contributed by atoms with Crippen LogP contribution in [0.25, 0.3) is 5.52 Å². The van der Waals surface area contributed by atoms with E-state index in [1.54, 1.807) is 12.1 Å². The number of nitrogens with one attached hydrogen (secondary N) is 3. The molecule has 1 aliphatic rings. The summed E-state index contributed by atoms with van der Waals surface area (Å²) in [7, 11) is 0. The predicted octanol–water partition coefficient (Wildman–Crippen LogP) is 2.47. The van der Waals surface area contributed by atoms with Crippen molar-refractivity contribution in [3.63, 3.8) is 0 Å². The lowest BCUT2D eigenvalue weighted by atomic mass is 10.1. The quantitative estimate of drug-likeness (QED) is 0.455. The molecule has 4 rings (SSSR count). The molecule has 174 valence electrons. The van der Waals surface area contributed by atoms with Crippen LogP contribution in [0, 0.1) is 0 Å². The molecule has 33 heavy (non-hydrogen) atoms. The number of aromatic nitrogens is 3. The topological polar surface area (TPSA) is 83.4 Å². The van der Waals surface area contributed by atoms with E-state index < -0.39 is 42.8 Å². The molecule has 0 bridgehead atoms. The summed E-state index contributed by atoms with van der Waals surface area (Å²) < 4.78 is 69.2. The predicted molar refractivity (Wildman–Crippen MR) is 103 cm³/mol. The highest BCUT2D eigenvalue weighted by atomic mass is 19.4.